The van der Waals surface area contributed by atoms with E-state index in [0.29, 0.717) is 23.9 Å². The molecule has 35 heavy (non-hydrogen) atoms. The largest absolute Gasteiger partial charge is 0.474 e. The Morgan fingerprint density at radius 1 is 1.00 bits per heavy atom. The number of piperidine rings is 1. The lowest BCUT2D eigenvalue weighted by Gasteiger charge is -2.38. The number of nitrogens with zero attached hydrogens (tertiary/aromatic N) is 6. The van der Waals surface area contributed by atoms with E-state index in [1.807, 2.05) is 6.20 Å². The van der Waals surface area contributed by atoms with Crippen LogP contribution in [-0.2, 0) is 4.74 Å². The molecule has 0 radical (unpaired) electrons. The Bertz CT molecular complexity index is 1110. The normalized spacial score (nSPS) is 25.2. The topological polar surface area (TPSA) is 80.6 Å². The maximum atomic E-state index is 6.50. The van der Waals surface area contributed by atoms with Crippen LogP contribution in [0.25, 0.3) is 10.2 Å². The van der Waals surface area contributed by atoms with Crippen LogP contribution in [0.15, 0.2) is 23.8 Å². The Morgan fingerprint density at radius 2 is 1.80 bits per heavy atom. The van der Waals surface area contributed by atoms with Gasteiger partial charge in [-0.3, -0.25) is 9.58 Å². The summed E-state index contributed by atoms with van der Waals surface area (Å²) < 4.78 is 14.1. The quantitative estimate of drug-likeness (QED) is 0.549. The van der Waals surface area contributed by atoms with Crippen LogP contribution in [0.4, 0.5) is 11.6 Å². The van der Waals surface area contributed by atoms with E-state index in [2.05, 4.69) is 49.6 Å². The fraction of sp³-hybridized carbons (Fsp3) is 0.640. The minimum atomic E-state index is 0.199. The molecule has 0 amide bonds. The molecular weight excluding hydrogens is 462 g/mol. The minimum Gasteiger partial charge on any atom is -0.474 e. The first-order valence-corrected chi connectivity index (χ1v) is 13.8. The molecule has 3 aromatic rings. The standard InChI is InChI=1S/C25H35N7O2S/c1-30-9-6-20(7-10-30)32-17-18(16-26-32)27-25-28-23(22-8-15-35-24(22)29-25)34-21-4-2-19(3-5-21)31-11-13-33-14-12-31/h8,15-17,19-21H,2-7,9-14H2,1H3,(H,27,28,29). The molecule has 2 saturated heterocycles. The van der Waals surface area contributed by atoms with E-state index in [0.717, 1.165) is 81.0 Å². The van der Waals surface area contributed by atoms with E-state index >= 15 is 0 Å². The Labute approximate surface area is 210 Å². The van der Waals surface area contributed by atoms with Gasteiger partial charge >= 0.3 is 0 Å². The van der Waals surface area contributed by atoms with Gasteiger partial charge in [0.1, 0.15) is 10.9 Å². The number of anilines is 2. The molecule has 0 spiro atoms. The lowest BCUT2D eigenvalue weighted by molar-refractivity contribution is -0.00124. The van der Waals surface area contributed by atoms with Gasteiger partial charge in [-0.2, -0.15) is 10.1 Å². The van der Waals surface area contributed by atoms with Gasteiger partial charge in [0.05, 0.1) is 36.5 Å². The third-order valence-corrected chi connectivity index (χ3v) is 8.50. The fourth-order valence-electron chi connectivity index (χ4n) is 5.59. The zero-order valence-corrected chi connectivity index (χ0v) is 21.3. The average Bonchev–Trinajstić information content (AvgIpc) is 3.56. The van der Waals surface area contributed by atoms with Crippen molar-refractivity contribution >= 4 is 33.2 Å². The number of thiophene rings is 1. The maximum absolute atomic E-state index is 6.50. The SMILES string of the molecule is CN1CCC(n2cc(Nc3nc(OC4CCC(N5CCOCC5)CC4)c4ccsc4n3)cn2)CC1. The second-order valence-corrected chi connectivity index (χ2v) is 11.0. The molecule has 0 atom stereocenters. The predicted octanol–water partition coefficient (Wildman–Crippen LogP) is 3.92. The summed E-state index contributed by atoms with van der Waals surface area (Å²) in [7, 11) is 2.18. The molecular formula is C25H35N7O2S. The summed E-state index contributed by atoms with van der Waals surface area (Å²) in [6.45, 7) is 6.06. The lowest BCUT2D eigenvalue weighted by atomic mass is 9.91. The van der Waals surface area contributed by atoms with Crippen LogP contribution in [-0.4, -0.2) is 88.1 Å². The number of aromatic nitrogens is 4. The summed E-state index contributed by atoms with van der Waals surface area (Å²) in [5, 5.41) is 11.0. The van der Waals surface area contributed by atoms with Crippen molar-refractivity contribution < 1.29 is 9.47 Å². The summed E-state index contributed by atoms with van der Waals surface area (Å²) >= 11 is 1.62. The van der Waals surface area contributed by atoms with E-state index in [-0.39, 0.29) is 6.10 Å². The first kappa shape index (κ1) is 23.1. The first-order chi connectivity index (χ1) is 17.2. The zero-order valence-electron chi connectivity index (χ0n) is 20.4. The van der Waals surface area contributed by atoms with Crippen LogP contribution in [0.1, 0.15) is 44.6 Å². The number of hydrogen-bond acceptors (Lipinski definition) is 9. The molecule has 10 heteroatoms. The summed E-state index contributed by atoms with van der Waals surface area (Å²) in [6, 6.07) is 3.17. The monoisotopic (exact) mass is 497 g/mol. The van der Waals surface area contributed by atoms with Crippen molar-refractivity contribution in [2.45, 2.75) is 56.7 Å². The number of rotatable bonds is 6. The van der Waals surface area contributed by atoms with Gasteiger partial charge in [0, 0.05) is 25.3 Å². The second kappa shape index (κ2) is 10.4. The van der Waals surface area contributed by atoms with E-state index in [4.69, 9.17) is 19.4 Å². The molecule has 188 valence electrons. The fourth-order valence-corrected chi connectivity index (χ4v) is 6.35. The molecule has 0 bridgehead atoms. The van der Waals surface area contributed by atoms with E-state index < -0.39 is 0 Å². The van der Waals surface area contributed by atoms with Crippen LogP contribution >= 0.6 is 11.3 Å². The summed E-state index contributed by atoms with van der Waals surface area (Å²) in [5.74, 6) is 1.26. The number of ether oxygens (including phenoxy) is 2. The predicted molar refractivity (Wildman–Crippen MR) is 138 cm³/mol. The van der Waals surface area contributed by atoms with Crippen LogP contribution in [0.2, 0.25) is 0 Å². The van der Waals surface area contributed by atoms with Crippen LogP contribution in [0, 0.1) is 0 Å². The third-order valence-electron chi connectivity index (χ3n) is 7.69. The Kier molecular flexibility index (Phi) is 6.86. The summed E-state index contributed by atoms with van der Waals surface area (Å²) in [5.41, 5.74) is 0.914. The molecule has 0 unspecified atom stereocenters. The van der Waals surface area contributed by atoms with Crippen molar-refractivity contribution in [1.29, 1.82) is 0 Å². The van der Waals surface area contributed by atoms with Crippen molar-refractivity contribution in [3.63, 3.8) is 0 Å². The van der Waals surface area contributed by atoms with Crippen molar-refractivity contribution in [3.05, 3.63) is 23.8 Å². The zero-order chi connectivity index (χ0) is 23.6. The maximum Gasteiger partial charge on any atom is 0.232 e. The van der Waals surface area contributed by atoms with Gasteiger partial charge in [-0.1, -0.05) is 0 Å². The molecule has 1 aliphatic carbocycles. The van der Waals surface area contributed by atoms with Gasteiger partial charge in [-0.05, 0) is 70.1 Å². The molecule has 3 fully saturated rings. The molecule has 3 aliphatic rings. The highest BCUT2D eigenvalue weighted by atomic mass is 32.1. The summed E-state index contributed by atoms with van der Waals surface area (Å²) in [6.07, 6.45) is 10.9. The number of morpholine rings is 1. The molecule has 5 heterocycles. The average molecular weight is 498 g/mol. The van der Waals surface area contributed by atoms with Crippen molar-refractivity contribution in [1.82, 2.24) is 29.5 Å². The smallest absolute Gasteiger partial charge is 0.232 e. The molecule has 6 rings (SSSR count). The minimum absolute atomic E-state index is 0.199. The highest BCUT2D eigenvalue weighted by Gasteiger charge is 2.28. The van der Waals surface area contributed by atoms with Crippen LogP contribution < -0.4 is 10.1 Å². The molecule has 9 nitrogen and oxygen atoms in total. The van der Waals surface area contributed by atoms with Crippen molar-refractivity contribution in [2.24, 2.45) is 0 Å². The number of likely N-dealkylation sites (tertiary alicyclic amines) is 1. The van der Waals surface area contributed by atoms with Gasteiger partial charge in [0.2, 0.25) is 11.8 Å². The third kappa shape index (κ3) is 5.30. The van der Waals surface area contributed by atoms with Gasteiger partial charge in [0.15, 0.2) is 0 Å². The Morgan fingerprint density at radius 3 is 2.60 bits per heavy atom. The van der Waals surface area contributed by atoms with Gasteiger partial charge in [-0.25, -0.2) is 4.98 Å². The molecule has 2 aliphatic heterocycles. The Balaban J connectivity index is 1.12. The van der Waals surface area contributed by atoms with Crippen LogP contribution in [0.3, 0.4) is 0 Å². The van der Waals surface area contributed by atoms with Crippen molar-refractivity contribution in [2.75, 3.05) is 51.8 Å². The van der Waals surface area contributed by atoms with Crippen LogP contribution in [0.5, 0.6) is 5.88 Å². The lowest BCUT2D eigenvalue weighted by Crippen LogP contribution is -2.46. The van der Waals surface area contributed by atoms with E-state index in [1.54, 1.807) is 11.3 Å². The highest BCUT2D eigenvalue weighted by molar-refractivity contribution is 7.16. The van der Waals surface area contributed by atoms with Gasteiger partial charge < -0.3 is 19.7 Å². The van der Waals surface area contributed by atoms with E-state index in [9.17, 15) is 0 Å². The Hall–Kier alpha value is -2.27. The molecule has 1 saturated carbocycles. The summed E-state index contributed by atoms with van der Waals surface area (Å²) in [4.78, 5) is 15.5. The van der Waals surface area contributed by atoms with Crippen molar-refractivity contribution in [3.8, 4) is 5.88 Å². The molecule has 0 aromatic carbocycles. The van der Waals surface area contributed by atoms with Gasteiger partial charge in [0.25, 0.3) is 0 Å². The van der Waals surface area contributed by atoms with Gasteiger partial charge in [-0.15, -0.1) is 11.3 Å². The number of fused-ring (bicyclic) bond motifs is 1. The molecule has 3 aromatic heterocycles. The number of hydrogen-bond donors (Lipinski definition) is 1. The number of nitrogens with one attached hydrogen (secondary N) is 1. The molecule has 1 N–H and O–H groups in total. The second-order valence-electron chi connectivity index (χ2n) is 10.1. The first-order valence-electron chi connectivity index (χ1n) is 12.9. The highest BCUT2D eigenvalue weighted by Crippen LogP contribution is 2.33. The van der Waals surface area contributed by atoms with E-state index in [1.165, 1.54) is 12.8 Å².